The van der Waals surface area contributed by atoms with Crippen LogP contribution in [-0.4, -0.2) is 13.5 Å². The van der Waals surface area contributed by atoms with Crippen molar-refractivity contribution in [2.75, 3.05) is 4.72 Å². The number of benzene rings is 2. The summed E-state index contributed by atoms with van der Waals surface area (Å²) in [5, 5.41) is 9.39. The van der Waals surface area contributed by atoms with Gasteiger partial charge in [0.1, 0.15) is 5.82 Å². The largest absolute Gasteiger partial charge is 0.504 e. The Hall–Kier alpha value is -1.79. The Kier molecular flexibility index (Phi) is 3.87. The van der Waals surface area contributed by atoms with Crippen LogP contribution in [-0.2, 0) is 10.0 Å². The lowest BCUT2D eigenvalue weighted by Gasteiger charge is -2.11. The first-order valence-electron chi connectivity index (χ1n) is 5.57. The molecule has 4 nitrogen and oxygen atoms in total. The summed E-state index contributed by atoms with van der Waals surface area (Å²) >= 11 is 5.59. The smallest absolute Gasteiger partial charge is 0.262 e. The van der Waals surface area contributed by atoms with E-state index < -0.39 is 21.6 Å². The number of phenols is 1. The fraction of sp³-hybridized carbons (Fsp3) is 0.0769. The highest BCUT2D eigenvalue weighted by Gasteiger charge is 2.18. The number of aryl methyl sites for hydroxylation is 1. The second-order valence-electron chi connectivity index (χ2n) is 4.21. The van der Waals surface area contributed by atoms with E-state index in [1.807, 2.05) is 0 Å². The van der Waals surface area contributed by atoms with Crippen molar-refractivity contribution in [3.8, 4) is 5.75 Å². The second-order valence-corrected chi connectivity index (χ2v) is 6.30. The summed E-state index contributed by atoms with van der Waals surface area (Å²) in [5.41, 5.74) is 0.450. The highest BCUT2D eigenvalue weighted by Crippen LogP contribution is 2.34. The molecule has 2 aromatic rings. The minimum atomic E-state index is -3.93. The van der Waals surface area contributed by atoms with Gasteiger partial charge in [-0.05, 0) is 30.7 Å². The van der Waals surface area contributed by atoms with Crippen molar-refractivity contribution in [3.05, 3.63) is 52.8 Å². The molecule has 0 amide bonds. The maximum absolute atomic E-state index is 13.2. The molecule has 0 aromatic heterocycles. The van der Waals surface area contributed by atoms with E-state index >= 15 is 0 Å². The van der Waals surface area contributed by atoms with Crippen molar-refractivity contribution >= 4 is 27.3 Å². The van der Waals surface area contributed by atoms with Crippen LogP contribution in [0.4, 0.5) is 10.1 Å². The van der Waals surface area contributed by atoms with E-state index in [2.05, 4.69) is 4.72 Å². The standard InChI is InChI=1S/C13H11ClFNO3S/c1-8-3-2-4-10(5-8)20(18,19)16-12-7-9(15)6-11(14)13(12)17/h2-7,16-17H,1H3. The van der Waals surface area contributed by atoms with Gasteiger partial charge in [0.15, 0.2) is 5.75 Å². The zero-order valence-electron chi connectivity index (χ0n) is 10.4. The van der Waals surface area contributed by atoms with Gasteiger partial charge >= 0.3 is 0 Å². The monoisotopic (exact) mass is 315 g/mol. The molecule has 20 heavy (non-hydrogen) atoms. The van der Waals surface area contributed by atoms with E-state index in [0.717, 1.165) is 17.7 Å². The molecule has 2 aromatic carbocycles. The van der Waals surface area contributed by atoms with E-state index in [-0.39, 0.29) is 15.6 Å². The normalized spacial score (nSPS) is 11.3. The molecule has 0 spiro atoms. The molecule has 2 N–H and O–H groups in total. The fourth-order valence-corrected chi connectivity index (χ4v) is 3.00. The summed E-state index contributed by atoms with van der Waals surface area (Å²) in [7, 11) is -3.93. The molecule has 0 saturated heterocycles. The minimum absolute atomic E-state index is 0.0114. The molecule has 0 atom stereocenters. The van der Waals surface area contributed by atoms with Gasteiger partial charge in [-0.3, -0.25) is 4.72 Å². The third kappa shape index (κ3) is 3.02. The summed E-state index contributed by atoms with van der Waals surface area (Å²) < 4.78 is 39.6. The molecule has 0 aliphatic heterocycles. The Morgan fingerprint density at radius 1 is 1.25 bits per heavy atom. The lowest BCUT2D eigenvalue weighted by molar-refractivity contribution is 0.476. The first kappa shape index (κ1) is 14.6. The molecule has 0 heterocycles. The predicted molar refractivity (Wildman–Crippen MR) is 75.1 cm³/mol. The molecule has 2 rings (SSSR count). The average molecular weight is 316 g/mol. The molecule has 0 unspecified atom stereocenters. The predicted octanol–water partition coefficient (Wildman–Crippen LogP) is 3.29. The third-order valence-electron chi connectivity index (χ3n) is 2.57. The molecule has 0 saturated carbocycles. The van der Waals surface area contributed by atoms with Crippen LogP contribution in [0.15, 0.2) is 41.3 Å². The van der Waals surface area contributed by atoms with Crippen LogP contribution in [0.5, 0.6) is 5.75 Å². The van der Waals surface area contributed by atoms with Gasteiger partial charge in [0, 0.05) is 6.07 Å². The Bertz CT molecular complexity index is 762. The maximum Gasteiger partial charge on any atom is 0.262 e. The number of aromatic hydroxyl groups is 1. The Labute approximate surface area is 120 Å². The number of halogens is 2. The van der Waals surface area contributed by atoms with Crippen molar-refractivity contribution in [1.29, 1.82) is 0 Å². The molecule has 0 fully saturated rings. The topological polar surface area (TPSA) is 66.4 Å². The van der Waals surface area contributed by atoms with Crippen molar-refractivity contribution < 1.29 is 17.9 Å². The van der Waals surface area contributed by atoms with E-state index in [9.17, 15) is 17.9 Å². The van der Waals surface area contributed by atoms with Gasteiger partial charge in [0.2, 0.25) is 0 Å². The summed E-state index contributed by atoms with van der Waals surface area (Å²) in [5.74, 6) is -1.28. The molecular formula is C13H11ClFNO3S. The lowest BCUT2D eigenvalue weighted by Crippen LogP contribution is -2.13. The van der Waals surface area contributed by atoms with Crippen LogP contribution in [0.25, 0.3) is 0 Å². The first-order chi connectivity index (χ1) is 9.29. The SMILES string of the molecule is Cc1cccc(S(=O)(=O)Nc2cc(F)cc(Cl)c2O)c1. The molecule has 7 heteroatoms. The van der Waals surface area contributed by atoms with Gasteiger partial charge in [0.05, 0.1) is 15.6 Å². The second kappa shape index (κ2) is 5.30. The fourth-order valence-electron chi connectivity index (χ4n) is 1.63. The third-order valence-corrected chi connectivity index (χ3v) is 4.22. The van der Waals surface area contributed by atoms with Gasteiger partial charge in [-0.2, -0.15) is 0 Å². The molecule has 0 radical (unpaired) electrons. The Morgan fingerprint density at radius 2 is 1.95 bits per heavy atom. The van der Waals surface area contributed by atoms with Crippen LogP contribution in [0.1, 0.15) is 5.56 Å². The van der Waals surface area contributed by atoms with E-state index in [1.54, 1.807) is 19.1 Å². The number of anilines is 1. The summed E-state index contributed by atoms with van der Waals surface area (Å²) in [6, 6.07) is 7.93. The molecular weight excluding hydrogens is 305 g/mol. The highest BCUT2D eigenvalue weighted by molar-refractivity contribution is 7.92. The van der Waals surface area contributed by atoms with Crippen molar-refractivity contribution in [3.63, 3.8) is 0 Å². The molecule has 0 aliphatic rings. The van der Waals surface area contributed by atoms with Crippen LogP contribution in [0.2, 0.25) is 5.02 Å². The van der Waals surface area contributed by atoms with Gasteiger partial charge in [0.25, 0.3) is 10.0 Å². The van der Waals surface area contributed by atoms with Crippen LogP contribution in [0, 0.1) is 12.7 Å². The first-order valence-corrected chi connectivity index (χ1v) is 7.43. The molecule has 0 bridgehead atoms. The lowest BCUT2D eigenvalue weighted by atomic mass is 10.2. The number of nitrogens with one attached hydrogen (secondary N) is 1. The molecule has 0 aliphatic carbocycles. The number of rotatable bonds is 3. The number of hydrogen-bond acceptors (Lipinski definition) is 3. The van der Waals surface area contributed by atoms with E-state index in [0.29, 0.717) is 0 Å². The van der Waals surface area contributed by atoms with E-state index in [4.69, 9.17) is 11.6 Å². The van der Waals surface area contributed by atoms with Gasteiger partial charge in [-0.1, -0.05) is 23.7 Å². The van der Waals surface area contributed by atoms with Gasteiger partial charge < -0.3 is 5.11 Å². The van der Waals surface area contributed by atoms with Crippen LogP contribution >= 0.6 is 11.6 Å². The van der Waals surface area contributed by atoms with Crippen molar-refractivity contribution in [2.24, 2.45) is 0 Å². The summed E-state index contributed by atoms with van der Waals surface area (Å²) in [4.78, 5) is 0.0114. The molecule has 106 valence electrons. The quantitative estimate of drug-likeness (QED) is 0.854. The maximum atomic E-state index is 13.2. The van der Waals surface area contributed by atoms with E-state index in [1.165, 1.54) is 12.1 Å². The van der Waals surface area contributed by atoms with Gasteiger partial charge in [-0.25, -0.2) is 12.8 Å². The summed E-state index contributed by atoms with van der Waals surface area (Å²) in [6.07, 6.45) is 0. The summed E-state index contributed by atoms with van der Waals surface area (Å²) in [6.45, 7) is 1.75. The number of phenolic OH excluding ortho intramolecular Hbond substituents is 1. The van der Waals surface area contributed by atoms with Crippen LogP contribution < -0.4 is 4.72 Å². The number of sulfonamides is 1. The Balaban J connectivity index is 2.44. The zero-order valence-corrected chi connectivity index (χ0v) is 12.0. The van der Waals surface area contributed by atoms with Crippen molar-refractivity contribution in [1.82, 2.24) is 0 Å². The van der Waals surface area contributed by atoms with Crippen LogP contribution in [0.3, 0.4) is 0 Å². The highest BCUT2D eigenvalue weighted by atomic mass is 35.5. The zero-order chi connectivity index (χ0) is 14.9. The minimum Gasteiger partial charge on any atom is -0.504 e. The average Bonchev–Trinajstić information content (AvgIpc) is 2.35. The van der Waals surface area contributed by atoms with Crippen molar-refractivity contribution in [2.45, 2.75) is 11.8 Å². The Morgan fingerprint density at radius 3 is 2.60 bits per heavy atom. The van der Waals surface area contributed by atoms with Gasteiger partial charge in [-0.15, -0.1) is 0 Å². The number of hydrogen-bond donors (Lipinski definition) is 2.